The number of thiophene rings is 1. The summed E-state index contributed by atoms with van der Waals surface area (Å²) in [6.07, 6.45) is -0.189. The molecule has 3 aromatic heterocycles. The number of pyridine rings is 1. The normalized spacial score (nSPS) is 14.9. The molecule has 1 saturated heterocycles. The van der Waals surface area contributed by atoms with E-state index in [-0.39, 0.29) is 5.91 Å². The van der Waals surface area contributed by atoms with Gasteiger partial charge in [0.25, 0.3) is 0 Å². The van der Waals surface area contributed by atoms with Gasteiger partial charge >= 0.3 is 6.18 Å². The Bertz CT molecular complexity index is 1070. The molecule has 4 heterocycles. The van der Waals surface area contributed by atoms with Crippen LogP contribution in [0.3, 0.4) is 0 Å². The molecule has 32 heavy (non-hydrogen) atoms. The Kier molecular flexibility index (Phi) is 6.42. The molecule has 1 fully saturated rings. The lowest BCUT2D eigenvalue weighted by Crippen LogP contribution is -2.46. The smallest absolute Gasteiger partial charge is 0.359 e. The number of halogens is 3. The van der Waals surface area contributed by atoms with Gasteiger partial charge in [0.15, 0.2) is 0 Å². The van der Waals surface area contributed by atoms with Crippen LogP contribution in [0.5, 0.6) is 0 Å². The number of carbonyl (C=O) groups excluding carboxylic acids is 1. The zero-order valence-corrected chi connectivity index (χ0v) is 18.6. The average molecular weight is 481 g/mol. The summed E-state index contributed by atoms with van der Waals surface area (Å²) < 4.78 is 38.2. The van der Waals surface area contributed by atoms with Crippen molar-refractivity contribution in [1.29, 1.82) is 0 Å². The van der Waals surface area contributed by atoms with E-state index < -0.39 is 11.7 Å². The topological polar surface area (TPSA) is 64.9 Å². The first-order valence-corrected chi connectivity index (χ1v) is 11.4. The third-order valence-electron chi connectivity index (χ3n) is 4.79. The van der Waals surface area contributed by atoms with E-state index in [1.54, 1.807) is 12.4 Å². The molecule has 0 unspecified atom stereocenters. The van der Waals surface area contributed by atoms with Crippen LogP contribution < -0.4 is 14.8 Å². The van der Waals surface area contributed by atoms with Gasteiger partial charge in [-0.2, -0.15) is 23.3 Å². The molecule has 0 atom stereocenters. The number of aromatic nitrogens is 2. The SMILES string of the molecule is CC(=O)N(/N=C/c1cccs1)c1ncc(N2CCN(c3ccc(C(F)(F)F)cn3)CC2)s1. The van der Waals surface area contributed by atoms with E-state index in [2.05, 4.69) is 20.0 Å². The van der Waals surface area contributed by atoms with Gasteiger partial charge in [-0.25, -0.2) is 9.97 Å². The average Bonchev–Trinajstić information content (AvgIpc) is 3.46. The molecule has 4 rings (SSSR count). The van der Waals surface area contributed by atoms with Crippen molar-refractivity contribution in [3.63, 3.8) is 0 Å². The van der Waals surface area contributed by atoms with E-state index in [4.69, 9.17) is 0 Å². The standard InChI is InChI=1S/C20H19F3N6OS2/c1-14(30)29(26-12-16-3-2-10-31-16)19-25-13-18(32-19)28-8-6-27(7-9-28)17-5-4-15(11-24-17)20(21,22)23/h2-5,10-13H,6-9H2,1H3/b26-12+. The second kappa shape index (κ2) is 9.25. The summed E-state index contributed by atoms with van der Waals surface area (Å²) in [5.74, 6) is 0.283. The van der Waals surface area contributed by atoms with Crippen LogP contribution in [0.4, 0.5) is 29.1 Å². The predicted octanol–water partition coefficient (Wildman–Crippen LogP) is 4.33. The van der Waals surface area contributed by atoms with E-state index >= 15 is 0 Å². The molecule has 0 bridgehead atoms. The van der Waals surface area contributed by atoms with Crippen LogP contribution in [0.15, 0.2) is 47.1 Å². The quantitative estimate of drug-likeness (QED) is 0.402. The van der Waals surface area contributed by atoms with Crippen molar-refractivity contribution in [2.45, 2.75) is 13.1 Å². The minimum Gasteiger partial charge on any atom is -0.359 e. The second-order valence-electron chi connectivity index (χ2n) is 6.95. The van der Waals surface area contributed by atoms with E-state index in [0.29, 0.717) is 37.1 Å². The summed E-state index contributed by atoms with van der Waals surface area (Å²) >= 11 is 2.89. The Balaban J connectivity index is 1.39. The van der Waals surface area contributed by atoms with Crippen LogP contribution in [-0.4, -0.2) is 48.3 Å². The van der Waals surface area contributed by atoms with Gasteiger partial charge in [0, 0.05) is 44.2 Å². The minimum absolute atomic E-state index is 0.239. The lowest BCUT2D eigenvalue weighted by atomic mass is 10.2. The molecule has 1 amide bonds. The van der Waals surface area contributed by atoms with Crippen LogP contribution >= 0.6 is 22.7 Å². The summed E-state index contributed by atoms with van der Waals surface area (Å²) in [5, 5.41) is 8.86. The Morgan fingerprint density at radius 1 is 1.12 bits per heavy atom. The molecule has 1 aliphatic heterocycles. The van der Waals surface area contributed by atoms with Gasteiger partial charge in [-0.3, -0.25) is 4.79 Å². The lowest BCUT2D eigenvalue weighted by Gasteiger charge is -2.35. The van der Waals surface area contributed by atoms with Crippen molar-refractivity contribution in [2.75, 3.05) is 41.0 Å². The van der Waals surface area contributed by atoms with Gasteiger partial charge in [0.2, 0.25) is 11.0 Å². The van der Waals surface area contributed by atoms with Gasteiger partial charge in [-0.15, -0.1) is 11.3 Å². The number of hydrogen-bond donors (Lipinski definition) is 0. The highest BCUT2D eigenvalue weighted by molar-refractivity contribution is 7.19. The Morgan fingerprint density at radius 2 is 1.88 bits per heavy atom. The van der Waals surface area contributed by atoms with Crippen molar-refractivity contribution in [2.24, 2.45) is 5.10 Å². The lowest BCUT2D eigenvalue weighted by molar-refractivity contribution is -0.137. The third-order valence-corrected chi connectivity index (χ3v) is 6.64. The molecule has 0 radical (unpaired) electrons. The number of anilines is 3. The highest BCUT2D eigenvalue weighted by Gasteiger charge is 2.31. The molecule has 7 nitrogen and oxygen atoms in total. The maximum Gasteiger partial charge on any atom is 0.417 e. The van der Waals surface area contributed by atoms with Gasteiger partial charge < -0.3 is 9.80 Å². The number of amides is 1. The molecule has 0 saturated carbocycles. The van der Waals surface area contributed by atoms with Crippen LogP contribution in [0.1, 0.15) is 17.4 Å². The summed E-state index contributed by atoms with van der Waals surface area (Å²) in [4.78, 5) is 25.4. The number of alkyl halides is 3. The molecule has 1 aliphatic rings. The number of rotatable bonds is 5. The first-order chi connectivity index (χ1) is 15.3. The van der Waals surface area contributed by atoms with Crippen molar-refractivity contribution in [3.8, 4) is 0 Å². The van der Waals surface area contributed by atoms with Gasteiger partial charge in [0.05, 0.1) is 18.0 Å². The fourth-order valence-corrected chi connectivity index (χ4v) is 4.69. The Hall–Kier alpha value is -2.99. The molecule has 0 aliphatic carbocycles. The van der Waals surface area contributed by atoms with Crippen molar-refractivity contribution >= 4 is 50.7 Å². The van der Waals surface area contributed by atoms with Crippen molar-refractivity contribution < 1.29 is 18.0 Å². The van der Waals surface area contributed by atoms with Gasteiger partial charge in [-0.1, -0.05) is 17.4 Å². The zero-order valence-electron chi connectivity index (χ0n) is 17.0. The predicted molar refractivity (Wildman–Crippen MR) is 121 cm³/mol. The molecule has 12 heteroatoms. The van der Waals surface area contributed by atoms with E-state index in [0.717, 1.165) is 22.1 Å². The Morgan fingerprint density at radius 3 is 2.47 bits per heavy atom. The molecule has 3 aromatic rings. The summed E-state index contributed by atoms with van der Waals surface area (Å²) in [6.45, 7) is 3.96. The van der Waals surface area contributed by atoms with E-state index in [9.17, 15) is 18.0 Å². The second-order valence-corrected chi connectivity index (χ2v) is 8.92. The number of nitrogens with zero attached hydrogens (tertiary/aromatic N) is 6. The minimum atomic E-state index is -4.39. The summed E-state index contributed by atoms with van der Waals surface area (Å²) in [6, 6.07) is 6.27. The number of carbonyl (C=O) groups is 1. The molecule has 0 aromatic carbocycles. The highest BCUT2D eigenvalue weighted by atomic mass is 32.1. The maximum absolute atomic E-state index is 12.7. The third kappa shape index (κ3) is 5.07. The van der Waals surface area contributed by atoms with E-state index in [1.807, 2.05) is 22.4 Å². The fraction of sp³-hybridized carbons (Fsp3) is 0.300. The molecule has 168 valence electrons. The van der Waals surface area contributed by atoms with Crippen molar-refractivity contribution in [1.82, 2.24) is 9.97 Å². The molecular formula is C20H19F3N6OS2. The Labute approximate surface area is 190 Å². The largest absolute Gasteiger partial charge is 0.417 e. The van der Waals surface area contributed by atoms with Crippen LogP contribution in [0.25, 0.3) is 0 Å². The number of piperazine rings is 1. The summed E-state index contributed by atoms with van der Waals surface area (Å²) in [5.41, 5.74) is -0.756. The first-order valence-electron chi connectivity index (χ1n) is 9.68. The number of hydrazone groups is 1. The number of thiazole rings is 1. The summed E-state index contributed by atoms with van der Waals surface area (Å²) in [7, 11) is 0. The molecular weight excluding hydrogens is 461 g/mol. The van der Waals surface area contributed by atoms with E-state index in [1.165, 1.54) is 40.7 Å². The van der Waals surface area contributed by atoms with Crippen LogP contribution in [0.2, 0.25) is 0 Å². The fourth-order valence-electron chi connectivity index (χ4n) is 3.14. The van der Waals surface area contributed by atoms with Crippen molar-refractivity contribution in [3.05, 3.63) is 52.5 Å². The molecule has 0 spiro atoms. The monoisotopic (exact) mass is 480 g/mol. The van der Waals surface area contributed by atoms with Gasteiger partial charge in [-0.05, 0) is 23.6 Å². The number of hydrogen-bond acceptors (Lipinski definition) is 8. The molecule has 0 N–H and O–H groups in total. The first kappa shape index (κ1) is 22.2. The maximum atomic E-state index is 12.7. The van der Waals surface area contributed by atoms with Crippen LogP contribution in [-0.2, 0) is 11.0 Å². The zero-order chi connectivity index (χ0) is 22.7. The highest BCUT2D eigenvalue weighted by Crippen LogP contribution is 2.32. The van der Waals surface area contributed by atoms with Crippen LogP contribution in [0, 0.1) is 0 Å². The van der Waals surface area contributed by atoms with Gasteiger partial charge in [0.1, 0.15) is 10.8 Å².